The standard InChI is InChI=1S/C11H17F3N2O3/c1-6-4-3-5-15-7(6)8(17)16-10(2,9(18)19)11(12,13)14/h6-7,15H,3-5H2,1-2H3,(H,16,17)(H,18,19). The highest BCUT2D eigenvalue weighted by Gasteiger charge is 2.59. The Balaban J connectivity index is 2.86. The van der Waals surface area contributed by atoms with Gasteiger partial charge in [-0.05, 0) is 32.2 Å². The topological polar surface area (TPSA) is 78.4 Å². The largest absolute Gasteiger partial charge is 0.479 e. The summed E-state index contributed by atoms with van der Waals surface area (Å²) in [5.74, 6) is -3.20. The molecule has 1 fully saturated rings. The number of hydrogen-bond acceptors (Lipinski definition) is 3. The molecule has 0 aromatic carbocycles. The second kappa shape index (κ2) is 5.36. The van der Waals surface area contributed by atoms with Crippen molar-refractivity contribution in [3.8, 4) is 0 Å². The van der Waals surface area contributed by atoms with E-state index in [1.54, 1.807) is 12.2 Å². The molecule has 5 nitrogen and oxygen atoms in total. The summed E-state index contributed by atoms with van der Waals surface area (Å²) in [6.45, 7) is 2.71. The minimum atomic E-state index is -5.06. The molecule has 0 spiro atoms. The van der Waals surface area contributed by atoms with Crippen LogP contribution in [0.25, 0.3) is 0 Å². The number of carboxylic acids is 1. The van der Waals surface area contributed by atoms with Crippen LogP contribution in [0, 0.1) is 5.92 Å². The average Bonchev–Trinajstić information content (AvgIpc) is 2.27. The van der Waals surface area contributed by atoms with Crippen molar-refractivity contribution in [1.82, 2.24) is 10.6 Å². The lowest BCUT2D eigenvalue weighted by Crippen LogP contribution is -2.65. The first kappa shape index (κ1) is 15.7. The third-order valence-electron chi connectivity index (χ3n) is 3.42. The van der Waals surface area contributed by atoms with E-state index in [4.69, 9.17) is 5.11 Å². The van der Waals surface area contributed by atoms with Crippen molar-refractivity contribution >= 4 is 11.9 Å². The number of hydrogen-bond donors (Lipinski definition) is 3. The van der Waals surface area contributed by atoms with E-state index in [0.717, 1.165) is 6.42 Å². The maximum absolute atomic E-state index is 12.8. The lowest BCUT2D eigenvalue weighted by molar-refractivity contribution is -0.207. The highest BCUT2D eigenvalue weighted by Crippen LogP contribution is 2.31. The van der Waals surface area contributed by atoms with Crippen LogP contribution in [0.1, 0.15) is 26.7 Å². The van der Waals surface area contributed by atoms with E-state index in [2.05, 4.69) is 5.32 Å². The van der Waals surface area contributed by atoms with E-state index < -0.39 is 29.6 Å². The lowest BCUT2D eigenvalue weighted by Gasteiger charge is -2.34. The predicted molar refractivity (Wildman–Crippen MR) is 60.4 cm³/mol. The number of piperidine rings is 1. The van der Waals surface area contributed by atoms with Crippen molar-refractivity contribution in [3.63, 3.8) is 0 Å². The Morgan fingerprint density at radius 1 is 1.37 bits per heavy atom. The fraction of sp³-hybridized carbons (Fsp3) is 0.818. The van der Waals surface area contributed by atoms with Crippen LogP contribution in [0.5, 0.6) is 0 Å². The van der Waals surface area contributed by atoms with E-state index in [-0.39, 0.29) is 5.92 Å². The molecule has 0 radical (unpaired) electrons. The first-order chi connectivity index (χ1) is 8.59. The molecule has 3 atom stereocenters. The van der Waals surface area contributed by atoms with E-state index in [9.17, 15) is 22.8 Å². The summed E-state index contributed by atoms with van der Waals surface area (Å²) in [7, 11) is 0. The third kappa shape index (κ3) is 3.17. The van der Waals surface area contributed by atoms with Crippen LogP contribution in [0.3, 0.4) is 0 Å². The van der Waals surface area contributed by atoms with E-state index in [1.165, 1.54) is 0 Å². The SMILES string of the molecule is CC1CCCNC1C(=O)NC(C)(C(=O)O)C(F)(F)F. The molecule has 8 heteroatoms. The van der Waals surface area contributed by atoms with E-state index >= 15 is 0 Å². The molecule has 110 valence electrons. The zero-order valence-electron chi connectivity index (χ0n) is 10.7. The molecule has 3 unspecified atom stereocenters. The minimum Gasteiger partial charge on any atom is -0.479 e. The van der Waals surface area contributed by atoms with Gasteiger partial charge in [0, 0.05) is 0 Å². The van der Waals surface area contributed by atoms with Gasteiger partial charge in [0.05, 0.1) is 6.04 Å². The normalized spacial score (nSPS) is 27.4. The van der Waals surface area contributed by atoms with Gasteiger partial charge in [-0.15, -0.1) is 0 Å². The van der Waals surface area contributed by atoms with Gasteiger partial charge < -0.3 is 15.7 Å². The number of carboxylic acid groups (broad SMARTS) is 1. The summed E-state index contributed by atoms with van der Waals surface area (Å²) in [4.78, 5) is 22.7. The number of halogens is 3. The van der Waals surface area contributed by atoms with Gasteiger partial charge in [-0.2, -0.15) is 13.2 Å². The number of carbonyl (C=O) groups excluding carboxylic acids is 1. The van der Waals surface area contributed by atoms with Crippen molar-refractivity contribution in [3.05, 3.63) is 0 Å². The van der Waals surface area contributed by atoms with Gasteiger partial charge in [-0.3, -0.25) is 4.79 Å². The highest BCUT2D eigenvalue weighted by molar-refractivity contribution is 5.90. The third-order valence-corrected chi connectivity index (χ3v) is 3.42. The fourth-order valence-electron chi connectivity index (χ4n) is 1.97. The average molecular weight is 282 g/mol. The Labute approximate surface area is 108 Å². The number of aliphatic carboxylic acids is 1. The first-order valence-electron chi connectivity index (χ1n) is 5.95. The summed E-state index contributed by atoms with van der Waals surface area (Å²) in [6.07, 6.45) is -3.52. The molecule has 0 aromatic heterocycles. The summed E-state index contributed by atoms with van der Waals surface area (Å²) < 4.78 is 38.3. The molecular formula is C11H17F3N2O3. The van der Waals surface area contributed by atoms with E-state index in [1.807, 2.05) is 0 Å². The first-order valence-corrected chi connectivity index (χ1v) is 5.95. The number of alkyl halides is 3. The molecule has 1 saturated heterocycles. The molecule has 0 aliphatic carbocycles. The fourth-order valence-corrected chi connectivity index (χ4v) is 1.97. The summed E-state index contributed by atoms with van der Waals surface area (Å²) in [5, 5.41) is 13.1. The monoisotopic (exact) mass is 282 g/mol. The second-order valence-electron chi connectivity index (χ2n) is 4.97. The van der Waals surface area contributed by atoms with Gasteiger partial charge in [-0.1, -0.05) is 6.92 Å². The van der Waals surface area contributed by atoms with Crippen molar-refractivity contribution in [1.29, 1.82) is 0 Å². The lowest BCUT2D eigenvalue weighted by atomic mass is 9.91. The van der Waals surface area contributed by atoms with Gasteiger partial charge in [-0.25, -0.2) is 4.79 Å². The van der Waals surface area contributed by atoms with Crippen molar-refractivity contribution in [2.24, 2.45) is 5.92 Å². The molecule has 0 saturated carbocycles. The number of nitrogens with one attached hydrogen (secondary N) is 2. The van der Waals surface area contributed by atoms with Crippen LogP contribution in [-0.2, 0) is 9.59 Å². The van der Waals surface area contributed by atoms with Crippen LogP contribution < -0.4 is 10.6 Å². The molecule has 3 N–H and O–H groups in total. The van der Waals surface area contributed by atoms with Crippen molar-refractivity contribution in [2.45, 2.75) is 44.4 Å². The summed E-state index contributed by atoms with van der Waals surface area (Å²) in [5.41, 5.74) is -3.27. The quantitative estimate of drug-likeness (QED) is 0.718. The molecule has 0 aromatic rings. The molecule has 19 heavy (non-hydrogen) atoms. The highest BCUT2D eigenvalue weighted by atomic mass is 19.4. The summed E-state index contributed by atoms with van der Waals surface area (Å²) in [6, 6.07) is -0.797. The van der Waals surface area contributed by atoms with Crippen LogP contribution in [-0.4, -0.2) is 41.3 Å². The van der Waals surface area contributed by atoms with Gasteiger partial charge in [0.25, 0.3) is 0 Å². The van der Waals surface area contributed by atoms with Gasteiger partial charge >= 0.3 is 12.1 Å². The maximum atomic E-state index is 12.8. The molecule has 1 heterocycles. The predicted octanol–water partition coefficient (Wildman–Crippen LogP) is 0.896. The zero-order chi connectivity index (χ0) is 14.8. The van der Waals surface area contributed by atoms with Crippen molar-refractivity contribution in [2.75, 3.05) is 6.54 Å². The molecule has 0 bridgehead atoms. The number of rotatable bonds is 3. The number of amides is 1. The zero-order valence-corrected chi connectivity index (χ0v) is 10.7. The Hall–Kier alpha value is -1.31. The van der Waals surface area contributed by atoms with Gasteiger partial charge in [0.2, 0.25) is 11.4 Å². The molecular weight excluding hydrogens is 265 g/mol. The Bertz CT molecular complexity index is 373. The summed E-state index contributed by atoms with van der Waals surface area (Å²) >= 11 is 0. The van der Waals surface area contributed by atoms with Gasteiger partial charge in [0.15, 0.2) is 0 Å². The van der Waals surface area contributed by atoms with Crippen LogP contribution in [0.4, 0.5) is 13.2 Å². The van der Waals surface area contributed by atoms with Crippen LogP contribution in [0.2, 0.25) is 0 Å². The van der Waals surface area contributed by atoms with Crippen molar-refractivity contribution < 1.29 is 27.9 Å². The van der Waals surface area contributed by atoms with Gasteiger partial charge in [0.1, 0.15) is 0 Å². The maximum Gasteiger partial charge on any atom is 0.422 e. The number of carbonyl (C=O) groups is 2. The molecule has 1 aliphatic rings. The Kier molecular flexibility index (Phi) is 4.44. The smallest absolute Gasteiger partial charge is 0.422 e. The molecule has 1 aliphatic heterocycles. The Morgan fingerprint density at radius 3 is 2.37 bits per heavy atom. The van der Waals surface area contributed by atoms with Crippen LogP contribution >= 0.6 is 0 Å². The second-order valence-corrected chi connectivity index (χ2v) is 4.97. The van der Waals surface area contributed by atoms with Crippen LogP contribution in [0.15, 0.2) is 0 Å². The molecule has 1 amide bonds. The Morgan fingerprint density at radius 2 is 1.95 bits per heavy atom. The molecule has 1 rings (SSSR count). The minimum absolute atomic E-state index is 0.139. The van der Waals surface area contributed by atoms with E-state index in [0.29, 0.717) is 19.9 Å².